The number of carbonyl (C=O) groups excluding carboxylic acids is 1. The number of carbonyl (C=O) groups is 1. The average molecular weight is 344 g/mol. The zero-order valence-corrected chi connectivity index (χ0v) is 14.2. The van der Waals surface area contributed by atoms with E-state index in [0.717, 1.165) is 37.0 Å². The second-order valence-corrected chi connectivity index (χ2v) is 6.03. The van der Waals surface area contributed by atoms with Crippen LogP contribution in [0.3, 0.4) is 0 Å². The van der Waals surface area contributed by atoms with Gasteiger partial charge in [0, 0.05) is 19.7 Å². The molecular formula is C19H21FN2O3. The fraction of sp³-hybridized carbons (Fsp3) is 0.368. The number of rotatable bonds is 6. The Kier molecular flexibility index (Phi) is 5.60. The van der Waals surface area contributed by atoms with Gasteiger partial charge >= 0.3 is 0 Å². The number of amides is 1. The first-order valence-corrected chi connectivity index (χ1v) is 8.31. The number of pyridine rings is 1. The lowest BCUT2D eigenvalue weighted by Crippen LogP contribution is -2.37. The SMILES string of the molecule is COc1cccc(CN(C[C@@H]2CCCO2)C(=O)c2ccc(F)cn2)c1. The van der Waals surface area contributed by atoms with E-state index in [1.807, 2.05) is 24.3 Å². The summed E-state index contributed by atoms with van der Waals surface area (Å²) in [7, 11) is 1.61. The number of aromatic nitrogens is 1. The minimum atomic E-state index is -0.463. The van der Waals surface area contributed by atoms with Gasteiger partial charge in [0.2, 0.25) is 0 Å². The van der Waals surface area contributed by atoms with E-state index in [4.69, 9.17) is 9.47 Å². The van der Waals surface area contributed by atoms with Crippen LogP contribution in [0, 0.1) is 5.82 Å². The van der Waals surface area contributed by atoms with E-state index in [0.29, 0.717) is 13.1 Å². The maximum Gasteiger partial charge on any atom is 0.272 e. The van der Waals surface area contributed by atoms with Gasteiger partial charge < -0.3 is 14.4 Å². The maximum atomic E-state index is 13.1. The molecule has 1 aliphatic heterocycles. The highest BCUT2D eigenvalue weighted by molar-refractivity contribution is 5.92. The molecule has 1 atom stereocenters. The molecule has 5 nitrogen and oxygen atoms in total. The Morgan fingerprint density at radius 2 is 2.28 bits per heavy atom. The molecule has 1 aromatic heterocycles. The quantitative estimate of drug-likeness (QED) is 0.808. The maximum absolute atomic E-state index is 13.1. The summed E-state index contributed by atoms with van der Waals surface area (Å²) in [5, 5.41) is 0. The summed E-state index contributed by atoms with van der Waals surface area (Å²) in [6.07, 6.45) is 3.01. The molecule has 2 aromatic rings. The molecule has 1 aromatic carbocycles. The molecule has 1 saturated heterocycles. The van der Waals surface area contributed by atoms with Crippen LogP contribution in [0.4, 0.5) is 4.39 Å². The molecule has 0 unspecified atom stereocenters. The Bertz CT molecular complexity index is 715. The molecule has 1 aliphatic rings. The molecule has 1 fully saturated rings. The first-order valence-electron chi connectivity index (χ1n) is 8.31. The van der Waals surface area contributed by atoms with E-state index in [-0.39, 0.29) is 17.7 Å². The third-order valence-corrected chi connectivity index (χ3v) is 4.19. The summed E-state index contributed by atoms with van der Waals surface area (Å²) in [5.74, 6) is 0.0373. The number of halogens is 1. The molecule has 132 valence electrons. The number of methoxy groups -OCH3 is 1. The molecule has 0 radical (unpaired) electrons. The highest BCUT2D eigenvalue weighted by atomic mass is 19.1. The van der Waals surface area contributed by atoms with E-state index >= 15 is 0 Å². The van der Waals surface area contributed by atoms with Gasteiger partial charge in [0.15, 0.2) is 0 Å². The van der Waals surface area contributed by atoms with E-state index in [1.54, 1.807) is 12.0 Å². The number of ether oxygens (including phenoxy) is 2. The monoisotopic (exact) mass is 344 g/mol. The van der Waals surface area contributed by atoms with Crippen LogP contribution in [0.1, 0.15) is 28.9 Å². The molecule has 0 N–H and O–H groups in total. The summed E-state index contributed by atoms with van der Waals surface area (Å²) in [6, 6.07) is 10.2. The van der Waals surface area contributed by atoms with Crippen LogP contribution in [-0.4, -0.2) is 42.2 Å². The second-order valence-electron chi connectivity index (χ2n) is 6.03. The molecule has 0 spiro atoms. The number of nitrogens with zero attached hydrogens (tertiary/aromatic N) is 2. The van der Waals surface area contributed by atoms with Crippen molar-refractivity contribution in [2.75, 3.05) is 20.3 Å². The number of hydrogen-bond donors (Lipinski definition) is 0. The fourth-order valence-electron chi connectivity index (χ4n) is 2.91. The van der Waals surface area contributed by atoms with Crippen LogP contribution in [0.5, 0.6) is 5.75 Å². The summed E-state index contributed by atoms with van der Waals surface area (Å²) >= 11 is 0. The zero-order chi connectivity index (χ0) is 17.6. The van der Waals surface area contributed by atoms with E-state index in [2.05, 4.69) is 4.98 Å². The van der Waals surface area contributed by atoms with Crippen molar-refractivity contribution in [3.8, 4) is 5.75 Å². The molecule has 0 aliphatic carbocycles. The van der Waals surface area contributed by atoms with Gasteiger partial charge in [0.05, 0.1) is 19.4 Å². The largest absolute Gasteiger partial charge is 0.497 e. The summed E-state index contributed by atoms with van der Waals surface area (Å²) < 4.78 is 24.0. The molecule has 1 amide bonds. The predicted octanol–water partition coefficient (Wildman–Crippen LogP) is 3.05. The minimum Gasteiger partial charge on any atom is -0.497 e. The van der Waals surface area contributed by atoms with Crippen molar-refractivity contribution in [3.05, 3.63) is 59.7 Å². The smallest absolute Gasteiger partial charge is 0.272 e. The van der Waals surface area contributed by atoms with Crippen molar-refractivity contribution in [2.45, 2.75) is 25.5 Å². The fourth-order valence-corrected chi connectivity index (χ4v) is 2.91. The van der Waals surface area contributed by atoms with Gasteiger partial charge in [-0.1, -0.05) is 12.1 Å². The lowest BCUT2D eigenvalue weighted by atomic mass is 10.1. The third kappa shape index (κ3) is 4.54. The summed E-state index contributed by atoms with van der Waals surface area (Å²) in [5.41, 5.74) is 1.18. The highest BCUT2D eigenvalue weighted by Crippen LogP contribution is 2.19. The molecule has 2 heterocycles. The predicted molar refractivity (Wildman–Crippen MR) is 90.9 cm³/mol. The van der Waals surface area contributed by atoms with Crippen LogP contribution in [0.2, 0.25) is 0 Å². The Morgan fingerprint density at radius 1 is 1.40 bits per heavy atom. The van der Waals surface area contributed by atoms with Gasteiger partial charge in [-0.3, -0.25) is 4.79 Å². The lowest BCUT2D eigenvalue weighted by molar-refractivity contribution is 0.0502. The van der Waals surface area contributed by atoms with Crippen LogP contribution < -0.4 is 4.74 Å². The first-order chi connectivity index (χ1) is 12.2. The Morgan fingerprint density at radius 3 is 2.96 bits per heavy atom. The number of benzene rings is 1. The van der Waals surface area contributed by atoms with Crippen molar-refractivity contribution in [1.82, 2.24) is 9.88 Å². The van der Waals surface area contributed by atoms with Crippen LogP contribution >= 0.6 is 0 Å². The van der Waals surface area contributed by atoms with E-state index in [1.165, 1.54) is 12.1 Å². The van der Waals surface area contributed by atoms with Gasteiger partial charge in [-0.25, -0.2) is 9.37 Å². The molecule has 0 saturated carbocycles. The highest BCUT2D eigenvalue weighted by Gasteiger charge is 2.24. The van der Waals surface area contributed by atoms with Crippen LogP contribution in [0.15, 0.2) is 42.6 Å². The third-order valence-electron chi connectivity index (χ3n) is 4.19. The molecule has 25 heavy (non-hydrogen) atoms. The van der Waals surface area contributed by atoms with Crippen LogP contribution in [0.25, 0.3) is 0 Å². The average Bonchev–Trinajstić information content (AvgIpc) is 3.14. The normalized spacial score (nSPS) is 16.6. The van der Waals surface area contributed by atoms with Crippen molar-refractivity contribution in [1.29, 1.82) is 0 Å². The molecule has 3 rings (SSSR count). The Hall–Kier alpha value is -2.47. The van der Waals surface area contributed by atoms with Crippen molar-refractivity contribution < 1.29 is 18.7 Å². The van der Waals surface area contributed by atoms with Gasteiger partial charge in [-0.05, 0) is 42.7 Å². The van der Waals surface area contributed by atoms with E-state index in [9.17, 15) is 9.18 Å². The van der Waals surface area contributed by atoms with Crippen molar-refractivity contribution in [2.24, 2.45) is 0 Å². The van der Waals surface area contributed by atoms with Crippen molar-refractivity contribution >= 4 is 5.91 Å². The van der Waals surface area contributed by atoms with Crippen LogP contribution in [-0.2, 0) is 11.3 Å². The Labute approximate surface area is 146 Å². The van der Waals surface area contributed by atoms with E-state index < -0.39 is 5.82 Å². The summed E-state index contributed by atoms with van der Waals surface area (Å²) in [6.45, 7) is 1.62. The molecule has 6 heteroatoms. The first kappa shape index (κ1) is 17.4. The lowest BCUT2D eigenvalue weighted by Gasteiger charge is -2.25. The van der Waals surface area contributed by atoms with Crippen molar-refractivity contribution in [3.63, 3.8) is 0 Å². The van der Waals surface area contributed by atoms with Gasteiger partial charge in [-0.15, -0.1) is 0 Å². The standard InChI is InChI=1S/C19H21FN2O3/c1-24-16-5-2-4-14(10-16)12-22(13-17-6-3-9-25-17)19(23)18-8-7-15(20)11-21-18/h2,4-5,7-8,10-11,17H,3,6,9,12-13H2,1H3/t17-/m0/s1. The Balaban J connectivity index is 1.80. The van der Waals surface area contributed by atoms with Gasteiger partial charge in [0.25, 0.3) is 5.91 Å². The minimum absolute atomic E-state index is 0.0232. The number of hydrogen-bond acceptors (Lipinski definition) is 4. The van der Waals surface area contributed by atoms with Gasteiger partial charge in [-0.2, -0.15) is 0 Å². The van der Waals surface area contributed by atoms with Gasteiger partial charge in [0.1, 0.15) is 17.3 Å². The molecular weight excluding hydrogens is 323 g/mol. The second kappa shape index (κ2) is 8.07. The molecule has 0 bridgehead atoms. The topological polar surface area (TPSA) is 51.7 Å². The summed E-state index contributed by atoms with van der Waals surface area (Å²) in [4.78, 5) is 18.5. The zero-order valence-electron chi connectivity index (χ0n) is 14.2.